The normalized spacial score (nSPS) is 19.2. The van der Waals surface area contributed by atoms with E-state index in [1.54, 1.807) is 0 Å². The standard InChI is InChI=1S/C11H25N5O/c1-2-4-13-11(14-12)16-6-3-5-15(7-8-16)9-10-17/h17H,2-10,12H2,1H3,(H,13,14). The molecule has 1 heterocycles. The smallest absolute Gasteiger partial charge is 0.208 e. The quantitative estimate of drug-likeness (QED) is 0.261. The van der Waals surface area contributed by atoms with Crippen molar-refractivity contribution in [3.05, 3.63) is 0 Å². The minimum Gasteiger partial charge on any atom is -0.395 e. The maximum atomic E-state index is 8.94. The number of hydrogen-bond acceptors (Lipinski definition) is 4. The summed E-state index contributed by atoms with van der Waals surface area (Å²) in [4.78, 5) is 8.89. The van der Waals surface area contributed by atoms with E-state index in [0.29, 0.717) is 0 Å². The molecule has 0 radical (unpaired) electrons. The lowest BCUT2D eigenvalue weighted by Crippen LogP contribution is -2.46. The molecule has 0 aromatic heterocycles. The van der Waals surface area contributed by atoms with E-state index < -0.39 is 0 Å². The van der Waals surface area contributed by atoms with Gasteiger partial charge in [-0.2, -0.15) is 0 Å². The van der Waals surface area contributed by atoms with E-state index in [-0.39, 0.29) is 6.61 Å². The van der Waals surface area contributed by atoms with Gasteiger partial charge < -0.3 is 10.0 Å². The highest BCUT2D eigenvalue weighted by atomic mass is 16.3. The van der Waals surface area contributed by atoms with Gasteiger partial charge in [0.1, 0.15) is 0 Å². The molecule has 0 bridgehead atoms. The van der Waals surface area contributed by atoms with E-state index in [9.17, 15) is 0 Å². The van der Waals surface area contributed by atoms with Gasteiger partial charge in [-0.25, -0.2) is 5.84 Å². The topological polar surface area (TPSA) is 77.1 Å². The van der Waals surface area contributed by atoms with E-state index in [4.69, 9.17) is 10.9 Å². The number of aliphatic hydroxyl groups excluding tert-OH is 1. The zero-order valence-corrected chi connectivity index (χ0v) is 10.7. The van der Waals surface area contributed by atoms with Crippen LogP contribution in [0, 0.1) is 0 Å². The van der Waals surface area contributed by atoms with Crippen LogP contribution >= 0.6 is 0 Å². The lowest BCUT2D eigenvalue weighted by molar-refractivity contribution is 0.201. The summed E-state index contributed by atoms with van der Waals surface area (Å²) < 4.78 is 0. The van der Waals surface area contributed by atoms with Crippen LogP contribution in [0.15, 0.2) is 4.99 Å². The van der Waals surface area contributed by atoms with E-state index >= 15 is 0 Å². The summed E-state index contributed by atoms with van der Waals surface area (Å²) in [6, 6.07) is 0. The molecule has 0 aromatic rings. The van der Waals surface area contributed by atoms with Gasteiger partial charge in [0.25, 0.3) is 0 Å². The Kier molecular flexibility index (Phi) is 6.91. The number of guanidine groups is 1. The van der Waals surface area contributed by atoms with Crippen LogP contribution in [0.4, 0.5) is 0 Å². The van der Waals surface area contributed by atoms with Crippen molar-refractivity contribution in [1.29, 1.82) is 0 Å². The van der Waals surface area contributed by atoms with Crippen molar-refractivity contribution < 1.29 is 5.11 Å². The van der Waals surface area contributed by atoms with Crippen LogP contribution < -0.4 is 11.3 Å². The fourth-order valence-electron chi connectivity index (χ4n) is 2.00. The fourth-order valence-corrected chi connectivity index (χ4v) is 2.00. The van der Waals surface area contributed by atoms with Gasteiger partial charge in [-0.15, -0.1) is 0 Å². The second-order valence-corrected chi connectivity index (χ2v) is 4.26. The third kappa shape index (κ3) is 4.89. The number of nitrogens with one attached hydrogen (secondary N) is 1. The van der Waals surface area contributed by atoms with E-state index in [1.807, 2.05) is 0 Å². The molecule has 6 heteroatoms. The molecule has 1 fully saturated rings. The maximum Gasteiger partial charge on any atom is 0.208 e. The Morgan fingerprint density at radius 2 is 2.18 bits per heavy atom. The third-order valence-electron chi connectivity index (χ3n) is 2.92. The van der Waals surface area contributed by atoms with E-state index in [0.717, 1.165) is 58.1 Å². The number of aliphatic imine (C=N–C) groups is 1. The zero-order chi connectivity index (χ0) is 12.5. The summed E-state index contributed by atoms with van der Waals surface area (Å²) in [5.74, 6) is 6.30. The summed E-state index contributed by atoms with van der Waals surface area (Å²) in [7, 11) is 0. The van der Waals surface area contributed by atoms with Gasteiger partial charge >= 0.3 is 0 Å². The Bertz CT molecular complexity index is 234. The third-order valence-corrected chi connectivity index (χ3v) is 2.92. The lowest BCUT2D eigenvalue weighted by Gasteiger charge is -2.24. The molecule has 0 atom stereocenters. The van der Waals surface area contributed by atoms with Gasteiger partial charge in [0, 0.05) is 32.7 Å². The Labute approximate surface area is 103 Å². The predicted octanol–water partition coefficient (Wildman–Crippen LogP) is -0.784. The molecule has 17 heavy (non-hydrogen) atoms. The molecule has 1 aliphatic rings. The Balaban J connectivity index is 2.48. The zero-order valence-electron chi connectivity index (χ0n) is 10.7. The largest absolute Gasteiger partial charge is 0.395 e. The molecule has 1 saturated heterocycles. The number of nitrogens with zero attached hydrogens (tertiary/aromatic N) is 3. The molecule has 0 aliphatic carbocycles. The molecule has 0 spiro atoms. The SMILES string of the molecule is CCCN=C(NN)N1CCCN(CCO)CC1. The lowest BCUT2D eigenvalue weighted by atomic mass is 10.4. The number of nitrogens with two attached hydrogens (primary N) is 1. The monoisotopic (exact) mass is 243 g/mol. The highest BCUT2D eigenvalue weighted by molar-refractivity contribution is 5.79. The van der Waals surface area contributed by atoms with Gasteiger partial charge in [-0.05, 0) is 19.4 Å². The second kappa shape index (κ2) is 8.27. The highest BCUT2D eigenvalue weighted by Crippen LogP contribution is 2.03. The molecule has 6 nitrogen and oxygen atoms in total. The second-order valence-electron chi connectivity index (χ2n) is 4.26. The maximum absolute atomic E-state index is 8.94. The number of hydrazine groups is 1. The van der Waals surface area contributed by atoms with Gasteiger partial charge in [-0.3, -0.25) is 15.3 Å². The molecule has 0 unspecified atom stereocenters. The van der Waals surface area contributed by atoms with Gasteiger partial charge in [0.2, 0.25) is 5.96 Å². The summed E-state index contributed by atoms with van der Waals surface area (Å²) >= 11 is 0. The summed E-state index contributed by atoms with van der Waals surface area (Å²) in [6.45, 7) is 7.74. The average Bonchev–Trinajstić information content (AvgIpc) is 2.57. The number of hydrogen-bond donors (Lipinski definition) is 3. The van der Waals surface area contributed by atoms with Crippen molar-refractivity contribution in [3.63, 3.8) is 0 Å². The van der Waals surface area contributed by atoms with Crippen molar-refractivity contribution in [3.8, 4) is 0 Å². The number of aliphatic hydroxyl groups is 1. The molecule has 0 amide bonds. The van der Waals surface area contributed by atoms with Crippen molar-refractivity contribution in [2.45, 2.75) is 19.8 Å². The number of rotatable bonds is 4. The molecular formula is C11H25N5O. The number of β-amino-alcohol motifs (C(OH)–C–C–N with tert-alkyl or cyclic N) is 1. The minimum atomic E-state index is 0.228. The molecular weight excluding hydrogens is 218 g/mol. The van der Waals surface area contributed by atoms with E-state index in [1.165, 1.54) is 0 Å². The van der Waals surface area contributed by atoms with Crippen LogP contribution in [0.5, 0.6) is 0 Å². The first-order valence-corrected chi connectivity index (χ1v) is 6.41. The molecule has 1 aliphatic heterocycles. The molecule has 100 valence electrons. The Morgan fingerprint density at radius 1 is 1.35 bits per heavy atom. The molecule has 4 N–H and O–H groups in total. The van der Waals surface area contributed by atoms with Crippen LogP contribution in [0.1, 0.15) is 19.8 Å². The van der Waals surface area contributed by atoms with Crippen molar-refractivity contribution in [1.82, 2.24) is 15.2 Å². The Hall–Kier alpha value is -0.850. The van der Waals surface area contributed by atoms with Crippen LogP contribution in [0.3, 0.4) is 0 Å². The van der Waals surface area contributed by atoms with Crippen LogP contribution in [-0.2, 0) is 0 Å². The summed E-state index contributed by atoms with van der Waals surface area (Å²) in [5.41, 5.74) is 2.69. The first-order valence-electron chi connectivity index (χ1n) is 6.41. The Morgan fingerprint density at radius 3 is 2.82 bits per heavy atom. The summed E-state index contributed by atoms with van der Waals surface area (Å²) in [5, 5.41) is 8.94. The molecule has 0 saturated carbocycles. The van der Waals surface area contributed by atoms with Gasteiger partial charge in [-0.1, -0.05) is 6.92 Å². The first-order chi connectivity index (χ1) is 8.31. The highest BCUT2D eigenvalue weighted by Gasteiger charge is 2.16. The van der Waals surface area contributed by atoms with Crippen LogP contribution in [0.25, 0.3) is 0 Å². The predicted molar refractivity (Wildman–Crippen MR) is 69.6 cm³/mol. The van der Waals surface area contributed by atoms with E-state index in [2.05, 4.69) is 27.1 Å². The van der Waals surface area contributed by atoms with Crippen molar-refractivity contribution in [2.24, 2.45) is 10.8 Å². The minimum absolute atomic E-state index is 0.228. The average molecular weight is 243 g/mol. The fraction of sp³-hybridized carbons (Fsp3) is 0.909. The molecule has 0 aromatic carbocycles. The van der Waals surface area contributed by atoms with Crippen LogP contribution in [-0.4, -0.2) is 66.7 Å². The van der Waals surface area contributed by atoms with Gasteiger partial charge in [0.15, 0.2) is 0 Å². The molecule has 1 rings (SSSR count). The van der Waals surface area contributed by atoms with Crippen LogP contribution in [0.2, 0.25) is 0 Å². The first kappa shape index (κ1) is 14.2. The van der Waals surface area contributed by atoms with Crippen molar-refractivity contribution >= 4 is 5.96 Å². The van der Waals surface area contributed by atoms with Crippen molar-refractivity contribution in [2.75, 3.05) is 45.9 Å². The summed E-state index contributed by atoms with van der Waals surface area (Å²) in [6.07, 6.45) is 2.10. The van der Waals surface area contributed by atoms with Gasteiger partial charge in [0.05, 0.1) is 6.61 Å².